The zero-order valence-corrected chi connectivity index (χ0v) is 21.1. The fourth-order valence-electron chi connectivity index (χ4n) is 1.94. The summed E-state index contributed by atoms with van der Waals surface area (Å²) in [5.74, 6) is -11.6. The average Bonchev–Trinajstić information content (AvgIpc) is 2.71. The van der Waals surface area contributed by atoms with Crippen molar-refractivity contribution in [1.82, 2.24) is 0 Å². The molecule has 0 saturated carbocycles. The van der Waals surface area contributed by atoms with Gasteiger partial charge in [-0.05, 0) is 0 Å². The Kier molecular flexibility index (Phi) is 12.5. The van der Waals surface area contributed by atoms with Crippen LogP contribution in [0, 0.1) is 0 Å². The van der Waals surface area contributed by atoms with Gasteiger partial charge >= 0.3 is 47.6 Å². The van der Waals surface area contributed by atoms with E-state index in [1.807, 2.05) is 9.47 Å². The monoisotopic (exact) mass is 708 g/mol. The van der Waals surface area contributed by atoms with Gasteiger partial charge in [0.15, 0.2) is 0 Å². The van der Waals surface area contributed by atoms with E-state index in [0.29, 0.717) is 0 Å². The summed E-state index contributed by atoms with van der Waals surface area (Å²) in [7, 11) is -15.0. The highest BCUT2D eigenvalue weighted by atomic mass is 31.2. The minimum atomic E-state index is -7.48. The minimum Gasteiger partial charge on any atom is -0.774 e. The standard InChI is InChI=1S/C14H16F16O10P2/c15-7(16,9(19,20)39-11(23,24)13(27,28)41(31,32)33)1-3-37-5-6-38-4-2-8(17,18)10(21,22)40-12(25,26)14(29,30)42(34,35)36/h1-6H2,(H2,31,32,33)(H2,34,35,36)/p-2. The molecule has 2 N–H and O–H groups in total. The SMILES string of the molecule is O=P([O-])(O)C(F)(F)C(F)(F)OC(F)(F)C(F)(F)CCOCCOCCC(F)(F)C(F)(F)OC(F)(F)C(F)(F)P(=O)([O-])O. The third kappa shape index (κ3) is 9.27. The molecule has 2 unspecified atom stereocenters. The van der Waals surface area contributed by atoms with Crippen LogP contribution in [0.3, 0.4) is 0 Å². The number of alkyl halides is 16. The fourth-order valence-corrected chi connectivity index (χ4v) is 2.69. The molecule has 2 atom stereocenters. The Morgan fingerprint density at radius 2 is 0.714 bits per heavy atom. The normalized spacial score (nSPS) is 18.1. The molecular formula is C14H14F16O10P2-2. The van der Waals surface area contributed by atoms with Crippen LogP contribution in [0.25, 0.3) is 0 Å². The van der Waals surface area contributed by atoms with Crippen LogP contribution in [0.5, 0.6) is 0 Å². The van der Waals surface area contributed by atoms with Crippen LogP contribution in [-0.4, -0.2) is 83.8 Å². The van der Waals surface area contributed by atoms with E-state index in [-0.39, 0.29) is 0 Å². The van der Waals surface area contributed by atoms with Crippen LogP contribution in [0.1, 0.15) is 12.8 Å². The molecule has 0 saturated heterocycles. The Morgan fingerprint density at radius 1 is 0.476 bits per heavy atom. The van der Waals surface area contributed by atoms with Crippen LogP contribution >= 0.6 is 15.2 Å². The predicted octanol–water partition coefficient (Wildman–Crippen LogP) is 3.75. The second-order valence-electron chi connectivity index (χ2n) is 7.53. The second kappa shape index (κ2) is 12.8. The molecule has 0 heterocycles. The van der Waals surface area contributed by atoms with Crippen LogP contribution in [0.4, 0.5) is 70.2 Å². The smallest absolute Gasteiger partial charge is 0.432 e. The average molecular weight is 708 g/mol. The molecular weight excluding hydrogens is 694 g/mol. The maximum atomic E-state index is 13.5. The molecule has 254 valence electrons. The van der Waals surface area contributed by atoms with Crippen molar-refractivity contribution < 1.29 is 118 Å². The van der Waals surface area contributed by atoms with E-state index in [1.54, 1.807) is 0 Å². The van der Waals surface area contributed by atoms with E-state index in [1.165, 1.54) is 0 Å². The van der Waals surface area contributed by atoms with E-state index in [2.05, 4.69) is 9.47 Å². The maximum Gasteiger partial charge on any atom is 0.432 e. The van der Waals surface area contributed by atoms with Crippen LogP contribution in [0.15, 0.2) is 0 Å². The Labute approximate surface area is 221 Å². The van der Waals surface area contributed by atoms with Crippen LogP contribution in [-0.2, 0) is 28.1 Å². The van der Waals surface area contributed by atoms with Gasteiger partial charge < -0.3 is 38.2 Å². The number of halogens is 16. The third-order valence-corrected chi connectivity index (χ3v) is 6.21. The molecule has 0 aliphatic carbocycles. The highest BCUT2D eigenvalue weighted by Gasteiger charge is 2.73. The van der Waals surface area contributed by atoms with Gasteiger partial charge in [0.2, 0.25) is 15.2 Å². The van der Waals surface area contributed by atoms with Gasteiger partial charge in [-0.1, -0.05) is 0 Å². The van der Waals surface area contributed by atoms with Crippen molar-refractivity contribution in [2.24, 2.45) is 0 Å². The number of rotatable bonds is 19. The van der Waals surface area contributed by atoms with Crippen molar-refractivity contribution in [3.8, 4) is 0 Å². The van der Waals surface area contributed by atoms with Crippen molar-refractivity contribution in [3.63, 3.8) is 0 Å². The summed E-state index contributed by atoms with van der Waals surface area (Å²) in [6.45, 7) is -5.45. The molecule has 0 aliphatic heterocycles. The highest BCUT2D eigenvalue weighted by Crippen LogP contribution is 2.60. The Morgan fingerprint density at radius 3 is 0.929 bits per heavy atom. The molecule has 0 radical (unpaired) electrons. The van der Waals surface area contributed by atoms with Gasteiger partial charge in [-0.3, -0.25) is 0 Å². The Balaban J connectivity index is 4.86. The molecule has 0 aromatic rings. The van der Waals surface area contributed by atoms with Crippen LogP contribution < -0.4 is 9.79 Å². The van der Waals surface area contributed by atoms with Gasteiger partial charge in [-0.15, -0.1) is 0 Å². The summed E-state index contributed by atoms with van der Waals surface area (Å²) in [6.07, 6.45) is -31.6. The summed E-state index contributed by atoms with van der Waals surface area (Å²) < 4.78 is 243. The molecule has 0 bridgehead atoms. The van der Waals surface area contributed by atoms with Gasteiger partial charge in [0.05, 0.1) is 26.4 Å². The van der Waals surface area contributed by atoms with E-state index in [9.17, 15) is 89.2 Å². The fraction of sp³-hybridized carbons (Fsp3) is 1.00. The lowest BCUT2D eigenvalue weighted by Crippen LogP contribution is -2.54. The largest absolute Gasteiger partial charge is 0.774 e. The molecule has 42 heavy (non-hydrogen) atoms. The molecule has 10 nitrogen and oxygen atoms in total. The second-order valence-corrected chi connectivity index (χ2v) is 10.7. The molecule has 28 heteroatoms. The van der Waals surface area contributed by atoms with E-state index in [4.69, 9.17) is 9.79 Å². The van der Waals surface area contributed by atoms with E-state index >= 15 is 0 Å². The summed E-state index contributed by atoms with van der Waals surface area (Å²) in [5.41, 5.74) is -13.6. The van der Waals surface area contributed by atoms with Gasteiger partial charge in [-0.25, -0.2) is 9.47 Å². The summed E-state index contributed by atoms with van der Waals surface area (Å²) in [6, 6.07) is 0. The minimum absolute atomic E-state index is 1.10. The predicted molar refractivity (Wildman–Crippen MR) is 92.3 cm³/mol. The summed E-state index contributed by atoms with van der Waals surface area (Å²) in [5, 5.41) is 0. The first-order valence-corrected chi connectivity index (χ1v) is 12.9. The first-order chi connectivity index (χ1) is 18.1. The molecule has 0 aliphatic rings. The molecule has 0 aromatic heterocycles. The van der Waals surface area contributed by atoms with Crippen molar-refractivity contribution in [2.75, 3.05) is 26.4 Å². The first kappa shape index (κ1) is 41.0. The Bertz CT molecular complexity index is 920. The van der Waals surface area contributed by atoms with Gasteiger partial charge in [0.25, 0.3) is 0 Å². The van der Waals surface area contributed by atoms with Crippen molar-refractivity contribution in [2.45, 2.75) is 60.4 Å². The third-order valence-electron chi connectivity index (χ3n) is 4.27. The summed E-state index contributed by atoms with van der Waals surface area (Å²) in [4.78, 5) is 36.4. The quantitative estimate of drug-likeness (QED) is 0.115. The van der Waals surface area contributed by atoms with Crippen molar-refractivity contribution in [1.29, 1.82) is 0 Å². The van der Waals surface area contributed by atoms with E-state index < -0.39 is 102 Å². The molecule has 0 fully saturated rings. The lowest BCUT2D eigenvalue weighted by atomic mass is 10.2. The Hall–Kier alpha value is -0.980. The highest BCUT2D eigenvalue weighted by molar-refractivity contribution is 7.52. The van der Waals surface area contributed by atoms with E-state index in [0.717, 1.165) is 0 Å². The molecule has 0 aromatic carbocycles. The molecule has 0 spiro atoms. The number of ether oxygens (including phenoxy) is 4. The summed E-state index contributed by atoms with van der Waals surface area (Å²) >= 11 is 0. The van der Waals surface area contributed by atoms with Gasteiger partial charge in [-0.2, -0.15) is 70.2 Å². The topological polar surface area (TPSA) is 158 Å². The number of hydrogen-bond acceptors (Lipinski definition) is 8. The van der Waals surface area contributed by atoms with Crippen molar-refractivity contribution in [3.05, 3.63) is 0 Å². The zero-order chi connectivity index (χ0) is 34.1. The lowest BCUT2D eigenvalue weighted by molar-refractivity contribution is -0.461. The zero-order valence-electron chi connectivity index (χ0n) is 19.3. The molecule has 0 rings (SSSR count). The van der Waals surface area contributed by atoms with Gasteiger partial charge in [0, 0.05) is 12.8 Å². The molecule has 0 amide bonds. The van der Waals surface area contributed by atoms with Gasteiger partial charge in [0.1, 0.15) is 0 Å². The first-order valence-electron chi connectivity index (χ1n) is 9.78. The van der Waals surface area contributed by atoms with Crippen LogP contribution in [0.2, 0.25) is 0 Å². The van der Waals surface area contributed by atoms with Crippen molar-refractivity contribution >= 4 is 15.2 Å². The lowest BCUT2D eigenvalue weighted by Gasteiger charge is -2.36. The maximum absolute atomic E-state index is 13.5. The number of hydrogen-bond donors (Lipinski definition) is 2.